The number of nitrogens with zero attached hydrogens (tertiary/aromatic N) is 2. The lowest BCUT2D eigenvalue weighted by molar-refractivity contribution is 1.02. The molecule has 0 bridgehead atoms. The first kappa shape index (κ1) is 12.0. The molecule has 0 amide bonds. The van der Waals surface area contributed by atoms with E-state index < -0.39 is 0 Å². The molecule has 0 fully saturated rings. The van der Waals surface area contributed by atoms with E-state index in [-0.39, 0.29) is 0 Å². The molecule has 0 atom stereocenters. The van der Waals surface area contributed by atoms with E-state index in [1.807, 2.05) is 6.92 Å². The fraction of sp³-hybridized carbons (Fsp3) is 0.385. The van der Waals surface area contributed by atoms with Crippen molar-refractivity contribution >= 4 is 17.2 Å². The van der Waals surface area contributed by atoms with Crippen LogP contribution in [0.15, 0.2) is 11.4 Å². The Morgan fingerprint density at radius 2 is 2.00 bits per heavy atom. The number of aromatic nitrogens is 2. The van der Waals surface area contributed by atoms with Crippen LogP contribution in [-0.4, -0.2) is 16.5 Å². The molecule has 0 saturated heterocycles. The van der Waals surface area contributed by atoms with Crippen molar-refractivity contribution in [1.82, 2.24) is 9.97 Å². The van der Waals surface area contributed by atoms with Crippen molar-refractivity contribution in [3.8, 4) is 10.6 Å². The second-order valence-corrected chi connectivity index (χ2v) is 4.97. The number of rotatable bonds is 3. The third-order valence-corrected chi connectivity index (χ3v) is 3.70. The van der Waals surface area contributed by atoms with E-state index in [1.165, 1.54) is 10.4 Å². The van der Waals surface area contributed by atoms with Crippen molar-refractivity contribution < 1.29 is 0 Å². The zero-order valence-electron chi connectivity index (χ0n) is 10.7. The molecule has 0 aliphatic carbocycles. The molecular weight excluding hydrogens is 230 g/mol. The minimum atomic E-state index is 0.814. The van der Waals surface area contributed by atoms with Crippen LogP contribution in [0.4, 0.5) is 5.82 Å². The molecule has 0 radical (unpaired) electrons. The van der Waals surface area contributed by atoms with Gasteiger partial charge in [0, 0.05) is 12.1 Å². The van der Waals surface area contributed by atoms with Crippen molar-refractivity contribution in [2.75, 3.05) is 11.9 Å². The molecule has 0 unspecified atom stereocenters. The maximum atomic E-state index is 4.58. The third-order valence-electron chi connectivity index (χ3n) is 2.68. The Hall–Kier alpha value is -1.42. The first-order valence-corrected chi connectivity index (χ1v) is 6.65. The predicted octanol–water partition coefficient (Wildman–Crippen LogP) is 3.56. The van der Waals surface area contributed by atoms with E-state index in [9.17, 15) is 0 Å². The number of hydrogen-bond acceptors (Lipinski definition) is 4. The highest BCUT2D eigenvalue weighted by molar-refractivity contribution is 7.13. The summed E-state index contributed by atoms with van der Waals surface area (Å²) >= 11 is 1.73. The fourth-order valence-electron chi connectivity index (χ4n) is 1.80. The maximum absolute atomic E-state index is 4.58. The number of aryl methyl sites for hydroxylation is 2. The monoisotopic (exact) mass is 247 g/mol. The number of anilines is 1. The Bertz CT molecular complexity index is 531. The average molecular weight is 247 g/mol. The van der Waals surface area contributed by atoms with E-state index in [0.717, 1.165) is 29.4 Å². The molecule has 2 aromatic rings. The van der Waals surface area contributed by atoms with E-state index in [2.05, 4.69) is 47.5 Å². The zero-order valence-corrected chi connectivity index (χ0v) is 11.5. The summed E-state index contributed by atoms with van der Waals surface area (Å²) in [5, 5.41) is 5.40. The summed E-state index contributed by atoms with van der Waals surface area (Å²) < 4.78 is 0. The van der Waals surface area contributed by atoms with E-state index in [0.29, 0.717) is 0 Å². The van der Waals surface area contributed by atoms with Crippen molar-refractivity contribution in [3.05, 3.63) is 28.4 Å². The van der Waals surface area contributed by atoms with Crippen LogP contribution in [0.25, 0.3) is 10.6 Å². The molecule has 0 spiro atoms. The average Bonchev–Trinajstić information content (AvgIpc) is 2.70. The number of hydrogen-bond donors (Lipinski definition) is 1. The Kier molecular flexibility index (Phi) is 3.43. The Labute approximate surface area is 106 Å². The van der Waals surface area contributed by atoms with Crippen LogP contribution < -0.4 is 5.32 Å². The summed E-state index contributed by atoms with van der Waals surface area (Å²) in [5.41, 5.74) is 3.46. The Morgan fingerprint density at radius 3 is 2.59 bits per heavy atom. The molecular formula is C13H17N3S. The first-order chi connectivity index (χ1) is 8.13. The van der Waals surface area contributed by atoms with Crippen LogP contribution in [0.5, 0.6) is 0 Å². The van der Waals surface area contributed by atoms with E-state index >= 15 is 0 Å². The second-order valence-electron chi connectivity index (χ2n) is 4.06. The van der Waals surface area contributed by atoms with Crippen molar-refractivity contribution in [1.29, 1.82) is 0 Å². The molecule has 2 aromatic heterocycles. The summed E-state index contributed by atoms with van der Waals surface area (Å²) in [5.74, 6) is 1.76. The molecule has 0 aliphatic rings. The summed E-state index contributed by atoms with van der Waals surface area (Å²) in [4.78, 5) is 10.3. The largest absolute Gasteiger partial charge is 0.370 e. The van der Waals surface area contributed by atoms with Gasteiger partial charge in [0.15, 0.2) is 0 Å². The highest BCUT2D eigenvalue weighted by Crippen LogP contribution is 2.32. The van der Waals surface area contributed by atoms with Crippen molar-refractivity contribution in [2.45, 2.75) is 27.7 Å². The van der Waals surface area contributed by atoms with Crippen LogP contribution >= 0.6 is 11.3 Å². The number of thiophene rings is 1. The summed E-state index contributed by atoms with van der Waals surface area (Å²) in [7, 11) is 0. The third kappa shape index (κ3) is 2.31. The van der Waals surface area contributed by atoms with Gasteiger partial charge in [0.1, 0.15) is 11.6 Å². The van der Waals surface area contributed by atoms with Gasteiger partial charge in [-0.15, -0.1) is 11.3 Å². The highest BCUT2D eigenvalue weighted by atomic mass is 32.1. The molecule has 0 aliphatic heterocycles. The lowest BCUT2D eigenvalue weighted by Gasteiger charge is -2.11. The first-order valence-electron chi connectivity index (χ1n) is 5.77. The van der Waals surface area contributed by atoms with Gasteiger partial charge in [-0.25, -0.2) is 9.97 Å². The standard InChI is InChI=1S/C13H17N3S/c1-5-14-13-9(3)11(15-10(4)16-13)12-8(2)6-7-17-12/h6-7H,5H2,1-4H3,(H,14,15,16). The molecule has 17 heavy (non-hydrogen) atoms. The SMILES string of the molecule is CCNc1nc(C)nc(-c2sccc2C)c1C. The van der Waals surface area contributed by atoms with E-state index in [4.69, 9.17) is 0 Å². The quantitative estimate of drug-likeness (QED) is 0.901. The second kappa shape index (κ2) is 4.84. The van der Waals surface area contributed by atoms with Gasteiger partial charge in [-0.2, -0.15) is 0 Å². The summed E-state index contributed by atoms with van der Waals surface area (Å²) in [6.07, 6.45) is 0. The number of nitrogens with one attached hydrogen (secondary N) is 1. The van der Waals surface area contributed by atoms with Gasteiger partial charge in [0.05, 0.1) is 10.6 Å². The van der Waals surface area contributed by atoms with Crippen molar-refractivity contribution in [3.63, 3.8) is 0 Å². The maximum Gasteiger partial charge on any atom is 0.133 e. The normalized spacial score (nSPS) is 10.6. The minimum absolute atomic E-state index is 0.814. The smallest absolute Gasteiger partial charge is 0.133 e. The zero-order chi connectivity index (χ0) is 12.4. The minimum Gasteiger partial charge on any atom is -0.370 e. The molecule has 0 aromatic carbocycles. The molecule has 1 N–H and O–H groups in total. The Morgan fingerprint density at radius 1 is 1.24 bits per heavy atom. The summed E-state index contributed by atoms with van der Waals surface area (Å²) in [6, 6.07) is 2.13. The van der Waals surface area contributed by atoms with Gasteiger partial charge in [-0.1, -0.05) is 0 Å². The molecule has 2 heterocycles. The van der Waals surface area contributed by atoms with Crippen LogP contribution in [0.2, 0.25) is 0 Å². The van der Waals surface area contributed by atoms with Crippen molar-refractivity contribution in [2.24, 2.45) is 0 Å². The van der Waals surface area contributed by atoms with Gasteiger partial charge in [0.2, 0.25) is 0 Å². The molecule has 2 rings (SSSR count). The van der Waals surface area contributed by atoms with Crippen LogP contribution in [0, 0.1) is 20.8 Å². The predicted molar refractivity (Wildman–Crippen MR) is 73.7 cm³/mol. The lowest BCUT2D eigenvalue weighted by Crippen LogP contribution is -2.06. The van der Waals surface area contributed by atoms with Crippen LogP contribution in [0.1, 0.15) is 23.9 Å². The summed E-state index contributed by atoms with van der Waals surface area (Å²) in [6.45, 7) is 9.08. The fourth-order valence-corrected chi connectivity index (χ4v) is 2.78. The van der Waals surface area contributed by atoms with Crippen LogP contribution in [0.3, 0.4) is 0 Å². The van der Waals surface area contributed by atoms with Gasteiger partial charge in [-0.05, 0) is 44.7 Å². The van der Waals surface area contributed by atoms with Gasteiger partial charge in [-0.3, -0.25) is 0 Å². The van der Waals surface area contributed by atoms with E-state index in [1.54, 1.807) is 11.3 Å². The topological polar surface area (TPSA) is 37.8 Å². The molecule has 3 nitrogen and oxygen atoms in total. The van der Waals surface area contributed by atoms with Gasteiger partial charge >= 0.3 is 0 Å². The molecule has 4 heteroatoms. The van der Waals surface area contributed by atoms with Gasteiger partial charge in [0.25, 0.3) is 0 Å². The highest BCUT2D eigenvalue weighted by Gasteiger charge is 2.13. The molecule has 0 saturated carbocycles. The Balaban J connectivity index is 2.58. The lowest BCUT2D eigenvalue weighted by atomic mass is 10.1. The van der Waals surface area contributed by atoms with Crippen LogP contribution in [-0.2, 0) is 0 Å². The van der Waals surface area contributed by atoms with Gasteiger partial charge < -0.3 is 5.32 Å². The molecule has 90 valence electrons.